The average Bonchev–Trinajstić information content (AvgIpc) is 2.98. The molecule has 1 aliphatic heterocycles. The van der Waals surface area contributed by atoms with Crippen molar-refractivity contribution in [1.82, 2.24) is 4.72 Å². The Labute approximate surface area is 201 Å². The van der Waals surface area contributed by atoms with Crippen LogP contribution >= 0.6 is 0 Å². The molecule has 0 aromatic heterocycles. The molecule has 0 unspecified atom stereocenters. The minimum atomic E-state index is -5.43. The lowest BCUT2D eigenvalue weighted by molar-refractivity contribution is -0.184. The van der Waals surface area contributed by atoms with Crippen LogP contribution in [0, 0.1) is 19.3 Å². The number of carbonyl (C=O) groups is 2. The van der Waals surface area contributed by atoms with Gasteiger partial charge < -0.3 is 0 Å². The smallest absolute Gasteiger partial charge is 0.294 e. The summed E-state index contributed by atoms with van der Waals surface area (Å²) in [6.45, 7) is 7.01. The highest BCUT2D eigenvalue weighted by molar-refractivity contribution is 7.89. The van der Waals surface area contributed by atoms with Crippen LogP contribution in [-0.2, 0) is 19.6 Å². The third-order valence-electron chi connectivity index (χ3n) is 6.54. The molecule has 0 saturated heterocycles. The molecule has 1 N–H and O–H groups in total. The Bertz CT molecular complexity index is 1360. The van der Waals surface area contributed by atoms with Crippen LogP contribution in [0.3, 0.4) is 0 Å². The topological polar surface area (TPSA) is 83.6 Å². The lowest BCUT2D eigenvalue weighted by Crippen LogP contribution is -2.66. The van der Waals surface area contributed by atoms with Gasteiger partial charge in [0, 0.05) is 17.8 Å². The summed E-state index contributed by atoms with van der Waals surface area (Å²) in [5.74, 6) is -2.48. The van der Waals surface area contributed by atoms with E-state index in [4.69, 9.17) is 0 Å². The number of amides is 1. The van der Waals surface area contributed by atoms with E-state index < -0.39 is 49.3 Å². The molecule has 0 saturated carbocycles. The molecule has 1 amide bonds. The van der Waals surface area contributed by atoms with Crippen LogP contribution in [0.5, 0.6) is 0 Å². The first-order chi connectivity index (χ1) is 16.1. The molecule has 0 spiro atoms. The molecule has 2 aromatic carbocycles. The first-order valence-corrected chi connectivity index (χ1v) is 12.4. The van der Waals surface area contributed by atoms with Crippen LogP contribution in [0.4, 0.5) is 18.9 Å². The molecule has 0 bridgehead atoms. The van der Waals surface area contributed by atoms with Gasteiger partial charge in [-0.15, -0.1) is 0 Å². The van der Waals surface area contributed by atoms with Gasteiger partial charge in [0.2, 0.25) is 15.6 Å². The summed E-state index contributed by atoms with van der Waals surface area (Å²) in [7, 11) is -4.85. The quantitative estimate of drug-likeness (QED) is 0.659. The van der Waals surface area contributed by atoms with Gasteiger partial charge >= 0.3 is 6.18 Å². The zero-order valence-corrected chi connectivity index (χ0v) is 20.5. The molecule has 0 radical (unpaired) electrons. The SMILES string of the molecule is Cc1ccc(N2C(=O)[C@](NS(=O)(=O)c3ccccc3)(C(F)(F)F)C3=C2CC(C)(C)CC3=O)cc1C. The van der Waals surface area contributed by atoms with E-state index in [2.05, 4.69) is 0 Å². The first-order valence-electron chi connectivity index (χ1n) is 11.0. The number of nitrogens with one attached hydrogen (secondary N) is 1. The molecule has 186 valence electrons. The average molecular weight is 507 g/mol. The molecule has 2 aromatic rings. The van der Waals surface area contributed by atoms with Crippen LogP contribution in [-0.4, -0.2) is 31.8 Å². The maximum atomic E-state index is 14.9. The number of carbonyl (C=O) groups excluding carboxylic acids is 2. The van der Waals surface area contributed by atoms with E-state index in [9.17, 15) is 31.2 Å². The largest absolute Gasteiger partial charge is 0.421 e. The van der Waals surface area contributed by atoms with Crippen molar-refractivity contribution < 1.29 is 31.2 Å². The predicted molar refractivity (Wildman–Crippen MR) is 124 cm³/mol. The van der Waals surface area contributed by atoms with Gasteiger partial charge in [-0.1, -0.05) is 38.1 Å². The Kier molecular flexibility index (Phi) is 5.76. The Balaban J connectivity index is 2.01. The van der Waals surface area contributed by atoms with Crippen LogP contribution in [0.2, 0.25) is 0 Å². The lowest BCUT2D eigenvalue weighted by Gasteiger charge is -2.35. The fourth-order valence-electron chi connectivity index (χ4n) is 4.72. The number of alkyl halides is 3. The number of hydrogen-bond acceptors (Lipinski definition) is 4. The van der Waals surface area contributed by atoms with E-state index in [-0.39, 0.29) is 24.2 Å². The molecule has 10 heteroatoms. The fourth-order valence-corrected chi connectivity index (χ4v) is 6.06. The van der Waals surface area contributed by atoms with Crippen molar-refractivity contribution in [3.63, 3.8) is 0 Å². The van der Waals surface area contributed by atoms with Crippen molar-refractivity contribution in [1.29, 1.82) is 0 Å². The zero-order valence-electron chi connectivity index (χ0n) is 19.7. The van der Waals surface area contributed by atoms with Gasteiger partial charge in [-0.25, -0.2) is 8.42 Å². The van der Waals surface area contributed by atoms with Crippen LogP contribution in [0.25, 0.3) is 0 Å². The normalized spacial score (nSPS) is 22.5. The summed E-state index contributed by atoms with van der Waals surface area (Å²) in [5, 5.41) is 0. The molecule has 1 aliphatic carbocycles. The minimum absolute atomic E-state index is 0.0162. The van der Waals surface area contributed by atoms with E-state index >= 15 is 0 Å². The molecule has 35 heavy (non-hydrogen) atoms. The van der Waals surface area contributed by atoms with Gasteiger partial charge in [0.15, 0.2) is 5.78 Å². The monoisotopic (exact) mass is 506 g/mol. The molecule has 1 atom stereocenters. The number of halogens is 3. The highest BCUT2D eigenvalue weighted by Crippen LogP contribution is 2.53. The van der Waals surface area contributed by atoms with Gasteiger partial charge in [0.25, 0.3) is 5.91 Å². The summed E-state index contributed by atoms with van der Waals surface area (Å²) in [6.07, 6.45) is -5.71. The fraction of sp³-hybridized carbons (Fsp3) is 0.360. The van der Waals surface area contributed by atoms with Crippen molar-refractivity contribution >= 4 is 27.4 Å². The van der Waals surface area contributed by atoms with Gasteiger partial charge in [0.1, 0.15) is 0 Å². The number of sulfonamides is 1. The van der Waals surface area contributed by atoms with E-state index in [0.29, 0.717) is 0 Å². The number of rotatable bonds is 4. The Morgan fingerprint density at radius 3 is 2.14 bits per heavy atom. The Morgan fingerprint density at radius 2 is 1.57 bits per heavy atom. The van der Waals surface area contributed by atoms with E-state index in [0.717, 1.165) is 28.2 Å². The predicted octanol–water partition coefficient (Wildman–Crippen LogP) is 4.57. The minimum Gasteiger partial charge on any atom is -0.294 e. The number of ketones is 1. The van der Waals surface area contributed by atoms with E-state index in [1.807, 2.05) is 6.92 Å². The van der Waals surface area contributed by atoms with Gasteiger partial charge in [-0.05, 0) is 61.1 Å². The number of anilines is 1. The van der Waals surface area contributed by atoms with Crippen molar-refractivity contribution in [3.05, 3.63) is 70.9 Å². The summed E-state index contributed by atoms with van der Waals surface area (Å²) in [5.41, 5.74) is -3.73. The molecule has 1 heterocycles. The number of aryl methyl sites for hydroxylation is 2. The summed E-state index contributed by atoms with van der Waals surface area (Å²) in [4.78, 5) is 27.4. The zero-order chi connectivity index (χ0) is 26.0. The maximum absolute atomic E-state index is 14.9. The van der Waals surface area contributed by atoms with E-state index in [1.54, 1.807) is 37.6 Å². The second-order valence-electron chi connectivity index (χ2n) is 9.84. The highest BCUT2D eigenvalue weighted by Gasteiger charge is 2.72. The second kappa shape index (κ2) is 8.03. The van der Waals surface area contributed by atoms with Gasteiger partial charge in [-0.2, -0.15) is 17.9 Å². The Morgan fingerprint density at radius 1 is 0.943 bits per heavy atom. The van der Waals surface area contributed by atoms with Gasteiger partial charge in [-0.3, -0.25) is 14.5 Å². The molecule has 0 fully saturated rings. The number of hydrogen-bond donors (Lipinski definition) is 1. The van der Waals surface area contributed by atoms with Crippen molar-refractivity contribution in [2.24, 2.45) is 5.41 Å². The van der Waals surface area contributed by atoms with Crippen LogP contribution in [0.1, 0.15) is 37.8 Å². The number of benzene rings is 2. The first kappa shape index (κ1) is 25.1. The Hall–Kier alpha value is -2.98. The summed E-state index contributed by atoms with van der Waals surface area (Å²) >= 11 is 0. The molecular formula is C25H25F3N2O4S. The van der Waals surface area contributed by atoms with Crippen molar-refractivity contribution in [2.45, 2.75) is 57.1 Å². The summed E-state index contributed by atoms with van der Waals surface area (Å²) in [6, 6.07) is 11.2. The van der Waals surface area contributed by atoms with Gasteiger partial charge in [0.05, 0.1) is 10.5 Å². The van der Waals surface area contributed by atoms with Crippen LogP contribution < -0.4 is 9.62 Å². The molecule has 6 nitrogen and oxygen atoms in total. The maximum Gasteiger partial charge on any atom is 0.421 e. The third-order valence-corrected chi connectivity index (χ3v) is 8.00. The highest BCUT2D eigenvalue weighted by atomic mass is 32.2. The number of Topliss-reactive ketones (excluding diaryl/α,β-unsaturated/α-hetero) is 1. The van der Waals surface area contributed by atoms with Crippen molar-refractivity contribution in [3.8, 4) is 0 Å². The summed E-state index contributed by atoms with van der Waals surface area (Å²) < 4.78 is 72.6. The third kappa shape index (κ3) is 3.98. The standard InChI is InChI=1S/C25H25F3N2O4S/c1-15-10-11-17(12-16(15)2)30-19-13-23(3,4)14-20(31)21(19)24(22(30)32,25(26,27)28)29-35(33,34)18-8-6-5-7-9-18/h5-12,29H,13-14H2,1-4H3/t24-/m0/s1. The van der Waals surface area contributed by atoms with E-state index in [1.165, 1.54) is 24.3 Å². The number of allylic oxidation sites excluding steroid dienone is 1. The van der Waals surface area contributed by atoms with Crippen LogP contribution in [0.15, 0.2) is 64.7 Å². The van der Waals surface area contributed by atoms with Crippen molar-refractivity contribution in [2.75, 3.05) is 4.90 Å². The molecule has 4 rings (SSSR count). The second-order valence-corrected chi connectivity index (χ2v) is 11.5. The molecule has 2 aliphatic rings. The number of nitrogens with zero attached hydrogens (tertiary/aromatic N) is 1. The lowest BCUT2D eigenvalue weighted by atomic mass is 9.72. The molecular weight excluding hydrogens is 481 g/mol.